The van der Waals surface area contributed by atoms with E-state index in [0.717, 1.165) is 5.56 Å². The van der Waals surface area contributed by atoms with Crippen LogP contribution in [0.5, 0.6) is 0 Å². The van der Waals surface area contributed by atoms with Crippen molar-refractivity contribution in [1.82, 2.24) is 14.7 Å². The SMILES string of the molecule is NCc1ccc2nc(C(=O)NCCC3CC3(F)F)cn2c1. The Morgan fingerprint density at radius 3 is 2.90 bits per heavy atom. The topological polar surface area (TPSA) is 72.4 Å². The number of carbonyl (C=O) groups excluding carboxylic acids is 1. The number of rotatable bonds is 5. The van der Waals surface area contributed by atoms with Gasteiger partial charge in [0.05, 0.1) is 0 Å². The fraction of sp³-hybridized carbons (Fsp3) is 0.429. The molecule has 0 saturated heterocycles. The average molecular weight is 294 g/mol. The maximum Gasteiger partial charge on any atom is 0.271 e. The smallest absolute Gasteiger partial charge is 0.271 e. The Kier molecular flexibility index (Phi) is 3.36. The lowest BCUT2D eigenvalue weighted by atomic mass is 10.3. The Bertz CT molecular complexity index is 683. The number of aromatic nitrogens is 2. The third kappa shape index (κ3) is 2.87. The van der Waals surface area contributed by atoms with Crippen LogP contribution in [-0.2, 0) is 6.54 Å². The van der Waals surface area contributed by atoms with Crippen LogP contribution in [0.4, 0.5) is 8.78 Å². The van der Waals surface area contributed by atoms with E-state index in [9.17, 15) is 13.6 Å². The van der Waals surface area contributed by atoms with E-state index in [0.29, 0.717) is 18.6 Å². The number of amides is 1. The molecule has 2 heterocycles. The third-order valence-electron chi connectivity index (χ3n) is 3.71. The van der Waals surface area contributed by atoms with Crippen molar-refractivity contribution in [1.29, 1.82) is 0 Å². The first-order valence-electron chi connectivity index (χ1n) is 6.83. The van der Waals surface area contributed by atoms with Crippen molar-refractivity contribution in [3.8, 4) is 0 Å². The molecule has 2 aromatic rings. The minimum absolute atomic E-state index is 0.0703. The third-order valence-corrected chi connectivity index (χ3v) is 3.71. The molecule has 3 N–H and O–H groups in total. The van der Waals surface area contributed by atoms with Gasteiger partial charge in [0.2, 0.25) is 0 Å². The zero-order valence-corrected chi connectivity index (χ0v) is 11.4. The summed E-state index contributed by atoms with van der Waals surface area (Å²) in [5, 5.41) is 2.62. The van der Waals surface area contributed by atoms with E-state index >= 15 is 0 Å². The second-order valence-electron chi connectivity index (χ2n) is 5.34. The van der Waals surface area contributed by atoms with Gasteiger partial charge in [-0.1, -0.05) is 6.07 Å². The lowest BCUT2D eigenvalue weighted by Crippen LogP contribution is -2.25. The van der Waals surface area contributed by atoms with Gasteiger partial charge in [-0.3, -0.25) is 4.79 Å². The average Bonchev–Trinajstić information content (AvgIpc) is 2.88. The minimum Gasteiger partial charge on any atom is -0.351 e. The first kappa shape index (κ1) is 13.9. The molecule has 112 valence electrons. The lowest BCUT2D eigenvalue weighted by molar-refractivity contribution is 0.0907. The molecule has 0 aliphatic heterocycles. The van der Waals surface area contributed by atoms with Gasteiger partial charge in [0.1, 0.15) is 11.3 Å². The van der Waals surface area contributed by atoms with E-state index in [4.69, 9.17) is 5.73 Å². The summed E-state index contributed by atoms with van der Waals surface area (Å²) in [6.07, 6.45) is 3.64. The fourth-order valence-electron chi connectivity index (χ4n) is 2.30. The Hall–Kier alpha value is -2.02. The highest BCUT2D eigenvalue weighted by Crippen LogP contribution is 2.50. The van der Waals surface area contributed by atoms with Crippen molar-refractivity contribution in [3.05, 3.63) is 35.8 Å². The van der Waals surface area contributed by atoms with Crippen LogP contribution in [0.2, 0.25) is 0 Å². The number of fused-ring (bicyclic) bond motifs is 1. The summed E-state index contributed by atoms with van der Waals surface area (Å²) in [7, 11) is 0. The van der Waals surface area contributed by atoms with Crippen LogP contribution in [0.25, 0.3) is 5.65 Å². The van der Waals surface area contributed by atoms with Gasteiger partial charge < -0.3 is 15.5 Å². The van der Waals surface area contributed by atoms with Crippen LogP contribution in [0.3, 0.4) is 0 Å². The molecule has 1 aliphatic rings. The molecule has 2 aromatic heterocycles. The Morgan fingerprint density at radius 2 is 2.24 bits per heavy atom. The van der Waals surface area contributed by atoms with E-state index < -0.39 is 11.8 Å². The molecule has 1 saturated carbocycles. The predicted octanol–water partition coefficient (Wildman–Crippen LogP) is 1.57. The highest BCUT2D eigenvalue weighted by Gasteiger charge is 2.55. The second kappa shape index (κ2) is 5.07. The van der Waals surface area contributed by atoms with E-state index in [2.05, 4.69) is 10.3 Å². The van der Waals surface area contributed by atoms with Gasteiger partial charge in [0.25, 0.3) is 11.8 Å². The molecule has 1 unspecified atom stereocenters. The monoisotopic (exact) mass is 294 g/mol. The number of nitrogens with one attached hydrogen (secondary N) is 1. The number of halogens is 2. The molecule has 0 radical (unpaired) electrons. The molecule has 1 amide bonds. The van der Waals surface area contributed by atoms with Gasteiger partial charge in [0, 0.05) is 37.8 Å². The molecule has 0 spiro atoms. The van der Waals surface area contributed by atoms with Crippen molar-refractivity contribution in [2.75, 3.05) is 6.54 Å². The number of nitrogens with two attached hydrogens (primary N) is 1. The minimum atomic E-state index is -2.54. The van der Waals surface area contributed by atoms with E-state index in [1.807, 2.05) is 12.3 Å². The quantitative estimate of drug-likeness (QED) is 0.879. The summed E-state index contributed by atoms with van der Waals surface area (Å²) >= 11 is 0. The van der Waals surface area contributed by atoms with Crippen molar-refractivity contribution < 1.29 is 13.6 Å². The van der Waals surface area contributed by atoms with Crippen molar-refractivity contribution >= 4 is 11.6 Å². The highest BCUT2D eigenvalue weighted by atomic mass is 19.3. The lowest BCUT2D eigenvalue weighted by Gasteiger charge is -2.01. The summed E-state index contributed by atoms with van der Waals surface area (Å²) in [4.78, 5) is 16.1. The zero-order valence-electron chi connectivity index (χ0n) is 11.4. The summed E-state index contributed by atoms with van der Waals surface area (Å²) in [5.41, 5.74) is 7.40. The highest BCUT2D eigenvalue weighted by molar-refractivity contribution is 5.92. The first-order chi connectivity index (χ1) is 9.99. The summed E-state index contributed by atoms with van der Waals surface area (Å²) in [6, 6.07) is 3.63. The van der Waals surface area contributed by atoms with Gasteiger partial charge in [-0.15, -0.1) is 0 Å². The van der Waals surface area contributed by atoms with Crippen LogP contribution in [-0.4, -0.2) is 27.8 Å². The maximum absolute atomic E-state index is 12.7. The largest absolute Gasteiger partial charge is 0.351 e. The Balaban J connectivity index is 1.61. The molecular formula is C14H16F2N4O. The Labute approximate surface area is 120 Å². The van der Waals surface area contributed by atoms with E-state index in [1.165, 1.54) is 0 Å². The molecule has 21 heavy (non-hydrogen) atoms. The second-order valence-corrected chi connectivity index (χ2v) is 5.34. The number of imidazole rings is 1. The van der Waals surface area contributed by atoms with Gasteiger partial charge in [-0.05, 0) is 18.1 Å². The molecule has 3 rings (SSSR count). The number of hydrogen-bond donors (Lipinski definition) is 2. The molecule has 1 atom stereocenters. The zero-order chi connectivity index (χ0) is 15.0. The first-order valence-corrected chi connectivity index (χ1v) is 6.83. The molecular weight excluding hydrogens is 278 g/mol. The summed E-state index contributed by atoms with van der Waals surface area (Å²) in [5.74, 6) is -3.48. The molecule has 1 fully saturated rings. The number of nitrogens with zero attached hydrogens (tertiary/aromatic N) is 2. The Morgan fingerprint density at radius 1 is 1.48 bits per heavy atom. The number of alkyl halides is 2. The normalized spacial score (nSPS) is 19.7. The van der Waals surface area contributed by atoms with Crippen molar-refractivity contribution in [3.63, 3.8) is 0 Å². The van der Waals surface area contributed by atoms with Gasteiger partial charge in [-0.25, -0.2) is 13.8 Å². The van der Waals surface area contributed by atoms with Crippen LogP contribution in [0.1, 0.15) is 28.9 Å². The van der Waals surface area contributed by atoms with Crippen LogP contribution < -0.4 is 11.1 Å². The molecule has 7 heteroatoms. The predicted molar refractivity (Wildman–Crippen MR) is 73.1 cm³/mol. The van der Waals surface area contributed by atoms with Gasteiger partial charge in [0.15, 0.2) is 0 Å². The molecule has 0 aromatic carbocycles. The van der Waals surface area contributed by atoms with Crippen LogP contribution >= 0.6 is 0 Å². The van der Waals surface area contributed by atoms with Crippen molar-refractivity contribution in [2.24, 2.45) is 11.7 Å². The van der Waals surface area contributed by atoms with Gasteiger partial charge >= 0.3 is 0 Å². The van der Waals surface area contributed by atoms with E-state index in [-0.39, 0.29) is 24.6 Å². The van der Waals surface area contributed by atoms with Crippen molar-refractivity contribution in [2.45, 2.75) is 25.3 Å². The van der Waals surface area contributed by atoms with Crippen LogP contribution in [0, 0.1) is 5.92 Å². The van der Waals surface area contributed by atoms with Gasteiger partial charge in [-0.2, -0.15) is 0 Å². The molecule has 1 aliphatic carbocycles. The summed E-state index contributed by atoms with van der Waals surface area (Å²) in [6.45, 7) is 0.645. The van der Waals surface area contributed by atoms with E-state index in [1.54, 1.807) is 16.7 Å². The number of carbonyl (C=O) groups is 1. The summed E-state index contributed by atoms with van der Waals surface area (Å²) < 4.78 is 27.2. The van der Waals surface area contributed by atoms with Crippen LogP contribution in [0.15, 0.2) is 24.5 Å². The molecule has 0 bridgehead atoms. The standard InChI is InChI=1S/C14H16F2N4O/c15-14(16)5-10(14)3-4-18-13(21)11-8-20-7-9(6-17)1-2-12(20)19-11/h1-2,7-8,10H,3-6,17H2,(H,18,21). The number of pyridine rings is 1. The number of hydrogen-bond acceptors (Lipinski definition) is 3. The molecule has 5 nitrogen and oxygen atoms in total. The maximum atomic E-state index is 12.7. The fourth-order valence-corrected chi connectivity index (χ4v) is 2.30.